The van der Waals surface area contributed by atoms with E-state index in [-0.39, 0.29) is 0 Å². The van der Waals surface area contributed by atoms with E-state index >= 15 is 0 Å². The van der Waals surface area contributed by atoms with Crippen LogP contribution >= 0.6 is 27.5 Å². The maximum atomic E-state index is 6.41. The Labute approximate surface area is 129 Å². The number of rotatable bonds is 4. The summed E-state index contributed by atoms with van der Waals surface area (Å²) in [5.41, 5.74) is 2.38. The van der Waals surface area contributed by atoms with E-state index < -0.39 is 0 Å². The van der Waals surface area contributed by atoms with Gasteiger partial charge in [-0.2, -0.15) is 0 Å². The summed E-state index contributed by atoms with van der Waals surface area (Å²) < 4.78 is 0. The fourth-order valence-corrected chi connectivity index (χ4v) is 3.42. The van der Waals surface area contributed by atoms with Crippen molar-refractivity contribution >= 4 is 33.2 Å². The van der Waals surface area contributed by atoms with Crippen LogP contribution in [0.3, 0.4) is 0 Å². The summed E-state index contributed by atoms with van der Waals surface area (Å²) in [5, 5.41) is 1.71. The molecule has 1 aliphatic rings. The number of piperidine rings is 1. The van der Waals surface area contributed by atoms with Gasteiger partial charge in [-0.25, -0.2) is 0 Å². The van der Waals surface area contributed by atoms with E-state index in [0.29, 0.717) is 6.04 Å². The van der Waals surface area contributed by atoms with Crippen molar-refractivity contribution in [1.82, 2.24) is 4.90 Å². The molecule has 0 spiro atoms. The molecule has 0 aromatic heterocycles. The first-order chi connectivity index (χ1) is 9.15. The molecule has 4 heteroatoms. The predicted molar refractivity (Wildman–Crippen MR) is 87.6 cm³/mol. The zero-order valence-electron chi connectivity index (χ0n) is 11.7. The molecule has 0 saturated carbocycles. The maximum absolute atomic E-state index is 6.41. The highest BCUT2D eigenvalue weighted by atomic mass is 79.9. The summed E-state index contributed by atoms with van der Waals surface area (Å²) >= 11 is 9.87. The molecule has 1 heterocycles. The van der Waals surface area contributed by atoms with Gasteiger partial charge in [0.1, 0.15) is 0 Å². The molecular weight excluding hydrogens is 324 g/mol. The number of nitrogens with zero attached hydrogens (tertiary/aromatic N) is 2. The van der Waals surface area contributed by atoms with Crippen LogP contribution in [0.2, 0.25) is 5.02 Å². The van der Waals surface area contributed by atoms with Gasteiger partial charge in [0, 0.05) is 31.5 Å². The van der Waals surface area contributed by atoms with E-state index in [4.69, 9.17) is 11.6 Å². The highest BCUT2D eigenvalue weighted by Crippen LogP contribution is 2.30. The Balaban J connectivity index is 2.05. The standard InChI is InChI=1S/C15H22BrClN2/c1-3-19-8-6-13(7-9-19)18(2)15-5-4-12(11-16)10-14(15)17/h4-5,10,13H,3,6-9,11H2,1-2H3. The van der Waals surface area contributed by atoms with Crippen LogP contribution in [0, 0.1) is 0 Å². The average Bonchev–Trinajstić information content (AvgIpc) is 2.46. The summed E-state index contributed by atoms with van der Waals surface area (Å²) in [5.74, 6) is 0. The predicted octanol–water partition coefficient (Wildman–Crippen LogP) is 4.16. The molecule has 0 bridgehead atoms. The molecule has 1 aliphatic heterocycles. The van der Waals surface area contributed by atoms with E-state index in [1.165, 1.54) is 31.5 Å². The molecule has 1 fully saturated rings. The number of anilines is 1. The molecule has 2 rings (SSSR count). The van der Waals surface area contributed by atoms with Crippen molar-refractivity contribution in [1.29, 1.82) is 0 Å². The normalized spacial score (nSPS) is 17.7. The molecule has 19 heavy (non-hydrogen) atoms. The van der Waals surface area contributed by atoms with Crippen molar-refractivity contribution in [3.8, 4) is 0 Å². The Morgan fingerprint density at radius 1 is 1.37 bits per heavy atom. The third-order valence-corrected chi connectivity index (χ3v) is 5.05. The topological polar surface area (TPSA) is 6.48 Å². The minimum atomic E-state index is 0.607. The molecule has 0 atom stereocenters. The molecule has 0 radical (unpaired) electrons. The van der Waals surface area contributed by atoms with E-state index in [9.17, 15) is 0 Å². The van der Waals surface area contributed by atoms with Gasteiger partial charge in [0.15, 0.2) is 0 Å². The Hall–Kier alpha value is -0.250. The van der Waals surface area contributed by atoms with Crippen molar-refractivity contribution < 1.29 is 0 Å². The van der Waals surface area contributed by atoms with E-state index in [1.54, 1.807) is 0 Å². The molecule has 106 valence electrons. The highest BCUT2D eigenvalue weighted by molar-refractivity contribution is 9.08. The lowest BCUT2D eigenvalue weighted by atomic mass is 10.0. The molecule has 0 N–H and O–H groups in total. The third kappa shape index (κ3) is 3.65. The van der Waals surface area contributed by atoms with Crippen molar-refractivity contribution in [2.45, 2.75) is 31.1 Å². The maximum Gasteiger partial charge on any atom is 0.0642 e. The van der Waals surface area contributed by atoms with Crippen LogP contribution in [0.5, 0.6) is 0 Å². The summed E-state index contributed by atoms with van der Waals surface area (Å²) in [6, 6.07) is 6.96. The zero-order chi connectivity index (χ0) is 13.8. The lowest BCUT2D eigenvalue weighted by molar-refractivity contribution is 0.221. The molecule has 0 unspecified atom stereocenters. The van der Waals surface area contributed by atoms with Gasteiger partial charge in [-0.3, -0.25) is 0 Å². The molecule has 0 aliphatic carbocycles. The fourth-order valence-electron chi connectivity index (χ4n) is 2.74. The van der Waals surface area contributed by atoms with Crippen molar-refractivity contribution in [3.05, 3.63) is 28.8 Å². The molecule has 0 amide bonds. The Bertz CT molecular complexity index is 417. The minimum absolute atomic E-state index is 0.607. The second-order valence-corrected chi connectivity index (χ2v) is 6.16. The van der Waals surface area contributed by atoms with Gasteiger partial charge in [0.25, 0.3) is 0 Å². The molecule has 1 saturated heterocycles. The van der Waals surface area contributed by atoms with Gasteiger partial charge in [0.05, 0.1) is 10.7 Å². The van der Waals surface area contributed by atoms with Gasteiger partial charge in [-0.1, -0.05) is 40.5 Å². The zero-order valence-corrected chi connectivity index (χ0v) is 14.0. The first-order valence-electron chi connectivity index (χ1n) is 6.95. The van der Waals surface area contributed by atoms with Crippen LogP contribution in [0.4, 0.5) is 5.69 Å². The van der Waals surface area contributed by atoms with E-state index in [2.05, 4.69) is 57.9 Å². The average molecular weight is 346 g/mol. The largest absolute Gasteiger partial charge is 0.370 e. The van der Waals surface area contributed by atoms with Gasteiger partial charge in [0.2, 0.25) is 0 Å². The number of benzene rings is 1. The number of halogens is 2. The SMILES string of the molecule is CCN1CCC(N(C)c2ccc(CBr)cc2Cl)CC1. The number of alkyl halides is 1. The van der Waals surface area contributed by atoms with Crippen LogP contribution in [0.15, 0.2) is 18.2 Å². The summed E-state index contributed by atoms with van der Waals surface area (Å²) in [6.45, 7) is 5.79. The molecule has 2 nitrogen and oxygen atoms in total. The van der Waals surface area contributed by atoms with Crippen LogP contribution in [-0.4, -0.2) is 37.6 Å². The van der Waals surface area contributed by atoms with Gasteiger partial charge in [-0.15, -0.1) is 0 Å². The van der Waals surface area contributed by atoms with Gasteiger partial charge >= 0.3 is 0 Å². The fraction of sp³-hybridized carbons (Fsp3) is 0.600. The first kappa shape index (κ1) is 15.1. The van der Waals surface area contributed by atoms with E-state index in [1.807, 2.05) is 0 Å². The summed E-state index contributed by atoms with van der Waals surface area (Å²) in [6.07, 6.45) is 2.45. The monoisotopic (exact) mass is 344 g/mol. The van der Waals surface area contributed by atoms with Crippen LogP contribution in [-0.2, 0) is 5.33 Å². The van der Waals surface area contributed by atoms with Crippen molar-refractivity contribution in [3.63, 3.8) is 0 Å². The minimum Gasteiger partial charge on any atom is -0.370 e. The lowest BCUT2D eigenvalue weighted by Crippen LogP contribution is -2.43. The number of hydrogen-bond acceptors (Lipinski definition) is 2. The van der Waals surface area contributed by atoms with Crippen molar-refractivity contribution in [2.75, 3.05) is 31.6 Å². The second-order valence-electron chi connectivity index (χ2n) is 5.20. The highest BCUT2D eigenvalue weighted by Gasteiger charge is 2.22. The summed E-state index contributed by atoms with van der Waals surface area (Å²) in [7, 11) is 2.17. The van der Waals surface area contributed by atoms with E-state index in [0.717, 1.165) is 22.6 Å². The Morgan fingerprint density at radius 2 is 2.05 bits per heavy atom. The van der Waals surface area contributed by atoms with Crippen LogP contribution < -0.4 is 4.90 Å². The smallest absolute Gasteiger partial charge is 0.0642 e. The Morgan fingerprint density at radius 3 is 2.58 bits per heavy atom. The quantitative estimate of drug-likeness (QED) is 0.756. The number of hydrogen-bond donors (Lipinski definition) is 0. The lowest BCUT2D eigenvalue weighted by Gasteiger charge is -2.37. The van der Waals surface area contributed by atoms with Crippen molar-refractivity contribution in [2.24, 2.45) is 0 Å². The summed E-state index contributed by atoms with van der Waals surface area (Å²) in [4.78, 5) is 4.87. The third-order valence-electron chi connectivity index (χ3n) is 4.10. The second kappa shape index (κ2) is 6.96. The molecular formula is C15H22BrClN2. The molecule has 1 aromatic rings. The van der Waals surface area contributed by atoms with Gasteiger partial charge < -0.3 is 9.80 Å². The number of likely N-dealkylation sites (tertiary alicyclic amines) is 1. The Kier molecular flexibility index (Phi) is 5.55. The van der Waals surface area contributed by atoms with Crippen LogP contribution in [0.25, 0.3) is 0 Å². The van der Waals surface area contributed by atoms with Gasteiger partial charge in [-0.05, 0) is 37.1 Å². The first-order valence-corrected chi connectivity index (χ1v) is 8.45. The van der Waals surface area contributed by atoms with Crippen LogP contribution in [0.1, 0.15) is 25.3 Å². The molecule has 1 aromatic carbocycles.